The Labute approximate surface area is 91.8 Å². The molecule has 0 fully saturated rings. The van der Waals surface area contributed by atoms with Crippen LogP contribution in [0.4, 0.5) is 0 Å². The van der Waals surface area contributed by atoms with E-state index in [4.69, 9.17) is 4.42 Å². The molecule has 0 bridgehead atoms. The van der Waals surface area contributed by atoms with E-state index >= 15 is 0 Å². The summed E-state index contributed by atoms with van der Waals surface area (Å²) in [7, 11) is 0. The minimum absolute atomic E-state index is 0.740. The predicted octanol–water partition coefficient (Wildman–Crippen LogP) is 3.41. The van der Waals surface area contributed by atoms with E-state index in [1.807, 2.05) is 0 Å². The summed E-state index contributed by atoms with van der Waals surface area (Å²) in [6, 6.07) is 4.37. The fourth-order valence-electron chi connectivity index (χ4n) is 1.38. The van der Waals surface area contributed by atoms with Crippen LogP contribution in [0.15, 0.2) is 16.5 Å². The van der Waals surface area contributed by atoms with Gasteiger partial charge in [0.1, 0.15) is 0 Å². The van der Waals surface area contributed by atoms with Gasteiger partial charge in [0.05, 0.1) is 0 Å². The molecular formula is C12H22OSn. The van der Waals surface area contributed by atoms with Crippen LogP contribution >= 0.6 is 0 Å². The Balaban J connectivity index is 2.69. The van der Waals surface area contributed by atoms with Crippen LogP contribution in [0.2, 0.25) is 14.8 Å². The van der Waals surface area contributed by atoms with E-state index in [0.29, 0.717) is 0 Å². The molecule has 0 saturated heterocycles. The summed E-state index contributed by atoms with van der Waals surface area (Å²) in [5.41, 5.74) is 0. The second-order valence-corrected chi connectivity index (χ2v) is 19.5. The fraction of sp³-hybridized carbons (Fsp3) is 0.667. The molecule has 80 valence electrons. The second kappa shape index (κ2) is 4.73. The summed E-state index contributed by atoms with van der Waals surface area (Å²) >= 11 is -1.94. The first-order valence-corrected chi connectivity index (χ1v) is 15.5. The molecule has 1 rings (SSSR count). The van der Waals surface area contributed by atoms with Crippen LogP contribution in [0.5, 0.6) is 0 Å². The molecule has 0 aliphatic rings. The molecule has 1 aromatic rings. The number of furan rings is 1. The number of hydrogen-bond acceptors (Lipinski definition) is 1. The van der Waals surface area contributed by atoms with Crippen molar-refractivity contribution in [1.82, 2.24) is 0 Å². The van der Waals surface area contributed by atoms with Crippen LogP contribution in [0.3, 0.4) is 0 Å². The molecule has 14 heavy (non-hydrogen) atoms. The molecule has 1 aromatic heterocycles. The van der Waals surface area contributed by atoms with Crippen molar-refractivity contribution in [3.8, 4) is 0 Å². The van der Waals surface area contributed by atoms with Gasteiger partial charge in [-0.1, -0.05) is 0 Å². The van der Waals surface area contributed by atoms with Gasteiger partial charge in [-0.3, -0.25) is 0 Å². The van der Waals surface area contributed by atoms with Gasteiger partial charge < -0.3 is 0 Å². The normalized spacial score (nSPS) is 14.4. The Bertz CT molecular complexity index is 283. The zero-order chi connectivity index (χ0) is 10.8. The Morgan fingerprint density at radius 2 is 1.93 bits per heavy atom. The quantitative estimate of drug-likeness (QED) is 0.777. The van der Waals surface area contributed by atoms with Gasteiger partial charge in [-0.05, 0) is 0 Å². The van der Waals surface area contributed by atoms with Gasteiger partial charge in [-0.2, -0.15) is 0 Å². The molecule has 0 aliphatic carbocycles. The van der Waals surface area contributed by atoms with Crippen molar-refractivity contribution < 1.29 is 4.42 Å². The molecule has 0 radical (unpaired) electrons. The molecular weight excluding hydrogens is 279 g/mol. The first-order chi connectivity index (χ1) is 6.43. The van der Waals surface area contributed by atoms with E-state index < -0.39 is 18.4 Å². The molecule has 0 N–H and O–H groups in total. The van der Waals surface area contributed by atoms with Gasteiger partial charge in [0.25, 0.3) is 0 Å². The van der Waals surface area contributed by atoms with Gasteiger partial charge in [0.15, 0.2) is 0 Å². The molecule has 1 atom stereocenters. The van der Waals surface area contributed by atoms with E-state index in [2.05, 4.69) is 40.8 Å². The Kier molecular flexibility index (Phi) is 4.11. The molecule has 0 aromatic carbocycles. The molecule has 0 spiro atoms. The van der Waals surface area contributed by atoms with E-state index in [0.717, 1.165) is 12.3 Å². The second-order valence-electron chi connectivity index (χ2n) is 5.23. The molecule has 2 heteroatoms. The van der Waals surface area contributed by atoms with Crippen molar-refractivity contribution >= 4 is 22.2 Å². The SMILES string of the molecule is CC[C@H](C)Cc1cc[c]([Sn]([CH3])([CH3])[CH3])o1. The average molecular weight is 301 g/mol. The number of hydrogen-bond donors (Lipinski definition) is 0. The van der Waals surface area contributed by atoms with Crippen molar-refractivity contribution in [3.05, 3.63) is 17.9 Å². The van der Waals surface area contributed by atoms with E-state index in [9.17, 15) is 0 Å². The van der Waals surface area contributed by atoms with Crippen LogP contribution < -0.4 is 3.78 Å². The summed E-state index contributed by atoms with van der Waals surface area (Å²) in [6.45, 7) is 4.51. The topological polar surface area (TPSA) is 13.1 Å². The van der Waals surface area contributed by atoms with Crippen LogP contribution in [-0.4, -0.2) is 18.4 Å². The average Bonchev–Trinajstić information content (AvgIpc) is 2.51. The van der Waals surface area contributed by atoms with Gasteiger partial charge in [-0.15, -0.1) is 0 Å². The Morgan fingerprint density at radius 1 is 1.29 bits per heavy atom. The van der Waals surface area contributed by atoms with E-state index in [1.165, 1.54) is 16.0 Å². The third kappa shape index (κ3) is 3.34. The van der Waals surface area contributed by atoms with Crippen molar-refractivity contribution in [2.75, 3.05) is 0 Å². The van der Waals surface area contributed by atoms with E-state index in [-0.39, 0.29) is 0 Å². The summed E-state index contributed by atoms with van der Waals surface area (Å²) in [5.74, 6) is 1.92. The fourth-order valence-corrected chi connectivity index (χ4v) is 4.29. The first-order valence-electron chi connectivity index (χ1n) is 5.52. The van der Waals surface area contributed by atoms with Crippen molar-refractivity contribution in [2.24, 2.45) is 5.92 Å². The van der Waals surface area contributed by atoms with Gasteiger partial charge >= 0.3 is 91.9 Å². The Hall–Kier alpha value is 0.0787. The summed E-state index contributed by atoms with van der Waals surface area (Å²) < 4.78 is 7.22. The van der Waals surface area contributed by atoms with Crippen LogP contribution in [0.25, 0.3) is 0 Å². The third-order valence-electron chi connectivity index (χ3n) is 2.65. The van der Waals surface area contributed by atoms with Crippen molar-refractivity contribution in [1.29, 1.82) is 0 Å². The number of rotatable bonds is 4. The molecule has 0 unspecified atom stereocenters. The molecule has 1 nitrogen and oxygen atoms in total. The van der Waals surface area contributed by atoms with Crippen LogP contribution in [0, 0.1) is 5.92 Å². The van der Waals surface area contributed by atoms with Gasteiger partial charge in [0, 0.05) is 0 Å². The van der Waals surface area contributed by atoms with Crippen molar-refractivity contribution in [3.63, 3.8) is 0 Å². The standard InChI is InChI=1S/C9H13O.3CH3.Sn/c1-3-8(2)7-9-5-4-6-10-9;;;;/h4-5,8H,3,7H2,1-2H3;3*1H3;/t8-;;;;/m0..../s1. The molecule has 0 aliphatic heterocycles. The minimum atomic E-state index is -1.94. The first kappa shape index (κ1) is 12.1. The van der Waals surface area contributed by atoms with E-state index in [1.54, 1.807) is 0 Å². The summed E-state index contributed by atoms with van der Waals surface area (Å²) in [4.78, 5) is 7.17. The van der Waals surface area contributed by atoms with Crippen molar-refractivity contribution in [2.45, 2.75) is 41.5 Å². The predicted molar refractivity (Wildman–Crippen MR) is 64.8 cm³/mol. The molecule has 0 saturated carbocycles. The van der Waals surface area contributed by atoms with Gasteiger partial charge in [-0.25, -0.2) is 0 Å². The monoisotopic (exact) mass is 302 g/mol. The maximum absolute atomic E-state index is 5.91. The maximum atomic E-state index is 5.91. The summed E-state index contributed by atoms with van der Waals surface area (Å²) in [6.07, 6.45) is 2.33. The summed E-state index contributed by atoms with van der Waals surface area (Å²) in [5, 5.41) is 0. The molecule has 1 heterocycles. The zero-order valence-electron chi connectivity index (χ0n) is 10.1. The molecule has 0 amide bonds. The Morgan fingerprint density at radius 3 is 2.36 bits per heavy atom. The third-order valence-corrected chi connectivity index (χ3v) is 7.63. The van der Waals surface area contributed by atoms with Crippen LogP contribution in [-0.2, 0) is 6.42 Å². The zero-order valence-corrected chi connectivity index (χ0v) is 12.9. The van der Waals surface area contributed by atoms with Gasteiger partial charge in [0.2, 0.25) is 0 Å². The van der Waals surface area contributed by atoms with Crippen LogP contribution in [0.1, 0.15) is 26.0 Å².